The summed E-state index contributed by atoms with van der Waals surface area (Å²) in [4.78, 5) is 0. The van der Waals surface area contributed by atoms with Crippen molar-refractivity contribution in [1.82, 2.24) is 0 Å². The third-order valence-corrected chi connectivity index (χ3v) is 11.7. The Balaban J connectivity index is 1.87. The van der Waals surface area contributed by atoms with Crippen molar-refractivity contribution in [3.63, 3.8) is 0 Å². The molecule has 0 N–H and O–H groups in total. The first-order valence-electron chi connectivity index (χ1n) is 12.3. The quantitative estimate of drug-likeness (QED) is 0.264. The van der Waals surface area contributed by atoms with Crippen LogP contribution in [0.25, 0.3) is 0 Å². The Morgan fingerprint density at radius 3 is 1.00 bits per heavy atom. The van der Waals surface area contributed by atoms with Gasteiger partial charge in [-0.05, 0) is 39.2 Å². The molecule has 0 saturated carbocycles. The Bertz CT molecular complexity index is 1040. The van der Waals surface area contributed by atoms with Crippen LogP contribution < -0.4 is 44.0 Å². The van der Waals surface area contributed by atoms with Crippen molar-refractivity contribution in [2.75, 3.05) is 42.7 Å². The summed E-state index contributed by atoms with van der Waals surface area (Å²) in [6, 6.07) is 21.4. The lowest BCUT2D eigenvalue weighted by molar-refractivity contribution is 0.357. The molecule has 0 aliphatic rings. The standard InChI is InChI=1S/C29H36O6Si3/c1-29(17-36-23-14-8-11-20(30-2)26(23)33-5,18-37-24-15-9-12-21(31-3)27(24)34-6)19-38-25-16-10-13-22(32-4)28(25)35-7/h8-16H,17-19H2,1-7H3. The van der Waals surface area contributed by atoms with Gasteiger partial charge in [0.1, 0.15) is 0 Å². The molecule has 6 radical (unpaired) electrons. The Morgan fingerprint density at radius 2 is 0.763 bits per heavy atom. The molecule has 0 aliphatic carbocycles. The van der Waals surface area contributed by atoms with Crippen LogP contribution in [0, 0.1) is 5.41 Å². The highest BCUT2D eigenvalue weighted by Gasteiger charge is 2.28. The van der Waals surface area contributed by atoms with E-state index in [1.54, 1.807) is 42.7 Å². The second-order valence-electron chi connectivity index (χ2n) is 8.99. The van der Waals surface area contributed by atoms with Gasteiger partial charge in [-0.25, -0.2) is 0 Å². The van der Waals surface area contributed by atoms with Crippen LogP contribution in [-0.4, -0.2) is 71.2 Å². The van der Waals surface area contributed by atoms with Crippen LogP contribution in [0.3, 0.4) is 0 Å². The van der Waals surface area contributed by atoms with Gasteiger partial charge in [0.05, 0.1) is 71.2 Å². The molecular weight excluding hydrogens is 529 g/mol. The molecule has 0 saturated heterocycles. The number of rotatable bonds is 15. The Labute approximate surface area is 234 Å². The Hall–Kier alpha value is -2.89. The van der Waals surface area contributed by atoms with Crippen LogP contribution in [0.5, 0.6) is 34.5 Å². The minimum Gasteiger partial charge on any atom is -0.493 e. The Morgan fingerprint density at radius 1 is 0.474 bits per heavy atom. The monoisotopic (exact) mass is 564 g/mol. The third kappa shape index (κ3) is 7.15. The average Bonchev–Trinajstić information content (AvgIpc) is 2.96. The van der Waals surface area contributed by atoms with Crippen molar-refractivity contribution in [1.29, 1.82) is 0 Å². The van der Waals surface area contributed by atoms with Gasteiger partial charge in [-0.1, -0.05) is 61.5 Å². The van der Waals surface area contributed by atoms with E-state index in [1.165, 1.54) is 15.6 Å². The van der Waals surface area contributed by atoms with E-state index in [0.29, 0.717) is 28.6 Å². The summed E-state index contributed by atoms with van der Waals surface area (Å²) in [5.41, 5.74) is 0.0611. The van der Waals surface area contributed by atoms with Crippen LogP contribution in [0.4, 0.5) is 0 Å². The van der Waals surface area contributed by atoms with Gasteiger partial charge in [-0.2, -0.15) is 0 Å². The predicted octanol–water partition coefficient (Wildman–Crippen LogP) is 3.39. The molecule has 3 aromatic carbocycles. The van der Waals surface area contributed by atoms with Gasteiger partial charge in [-0.15, -0.1) is 0 Å². The highest BCUT2D eigenvalue weighted by molar-refractivity contribution is 6.58. The lowest BCUT2D eigenvalue weighted by Gasteiger charge is -2.30. The highest BCUT2D eigenvalue weighted by Crippen LogP contribution is 2.34. The van der Waals surface area contributed by atoms with Crippen LogP contribution in [0.2, 0.25) is 18.1 Å². The van der Waals surface area contributed by atoms with Gasteiger partial charge in [0.2, 0.25) is 0 Å². The van der Waals surface area contributed by atoms with Gasteiger partial charge in [-0.3, -0.25) is 0 Å². The average molecular weight is 565 g/mol. The maximum Gasteiger partial charge on any atom is 0.160 e. The minimum atomic E-state index is 0.0611. The molecule has 0 atom stereocenters. The zero-order chi connectivity index (χ0) is 27.5. The number of hydrogen-bond donors (Lipinski definition) is 0. The zero-order valence-corrected chi connectivity index (χ0v) is 26.3. The summed E-state index contributed by atoms with van der Waals surface area (Å²) in [7, 11) is 11.9. The molecule has 38 heavy (non-hydrogen) atoms. The second kappa shape index (κ2) is 14.3. The summed E-state index contributed by atoms with van der Waals surface area (Å²) >= 11 is 0. The molecule has 0 unspecified atom stereocenters. The van der Waals surface area contributed by atoms with Crippen molar-refractivity contribution < 1.29 is 28.4 Å². The number of ether oxygens (including phenoxy) is 6. The summed E-state index contributed by atoms with van der Waals surface area (Å²) in [5.74, 6) is 4.78. The predicted molar refractivity (Wildman–Crippen MR) is 157 cm³/mol. The molecule has 0 amide bonds. The molecule has 6 nitrogen and oxygen atoms in total. The highest BCUT2D eigenvalue weighted by atomic mass is 28.2. The topological polar surface area (TPSA) is 55.4 Å². The maximum atomic E-state index is 5.73. The number of methoxy groups -OCH3 is 6. The summed E-state index contributed by atoms with van der Waals surface area (Å²) in [6.45, 7) is 2.39. The van der Waals surface area contributed by atoms with Crippen molar-refractivity contribution in [2.45, 2.75) is 25.1 Å². The molecule has 3 aromatic rings. The fraction of sp³-hybridized carbons (Fsp3) is 0.379. The molecule has 200 valence electrons. The molecule has 0 spiro atoms. The van der Waals surface area contributed by atoms with E-state index in [9.17, 15) is 0 Å². The summed E-state index contributed by atoms with van der Waals surface area (Å²) in [6.07, 6.45) is 0. The van der Waals surface area contributed by atoms with Gasteiger partial charge < -0.3 is 28.4 Å². The molecule has 0 heterocycles. The zero-order valence-electron chi connectivity index (χ0n) is 23.3. The fourth-order valence-corrected chi connectivity index (χ4v) is 9.34. The van der Waals surface area contributed by atoms with Gasteiger partial charge in [0.25, 0.3) is 0 Å². The summed E-state index contributed by atoms with van der Waals surface area (Å²) < 4.78 is 33.8. The van der Waals surface area contributed by atoms with Crippen molar-refractivity contribution in [3.8, 4) is 34.5 Å². The van der Waals surface area contributed by atoms with Gasteiger partial charge >= 0.3 is 0 Å². The van der Waals surface area contributed by atoms with Crippen LogP contribution in [0.1, 0.15) is 6.92 Å². The summed E-state index contributed by atoms with van der Waals surface area (Å²) in [5, 5.41) is 3.55. The normalized spacial score (nSPS) is 11.1. The van der Waals surface area contributed by atoms with Crippen molar-refractivity contribution in [2.24, 2.45) is 5.41 Å². The van der Waals surface area contributed by atoms with Crippen molar-refractivity contribution in [3.05, 3.63) is 54.6 Å². The van der Waals surface area contributed by atoms with Gasteiger partial charge in [0, 0.05) is 0 Å². The first-order chi connectivity index (χ1) is 18.4. The molecule has 9 heteroatoms. The van der Waals surface area contributed by atoms with Crippen LogP contribution in [-0.2, 0) is 0 Å². The van der Waals surface area contributed by atoms with Gasteiger partial charge in [0.15, 0.2) is 34.5 Å². The van der Waals surface area contributed by atoms with E-state index >= 15 is 0 Å². The largest absolute Gasteiger partial charge is 0.493 e. The van der Waals surface area contributed by atoms with E-state index < -0.39 is 0 Å². The first-order valence-corrected chi connectivity index (χ1v) is 15.9. The first kappa shape index (κ1) is 29.7. The minimum absolute atomic E-state index is 0.0611. The molecule has 0 aliphatic heterocycles. The molecular formula is C29H36O6Si3. The van der Waals surface area contributed by atoms with E-state index in [4.69, 9.17) is 28.4 Å². The number of hydrogen-bond acceptors (Lipinski definition) is 6. The molecule has 0 fully saturated rings. The van der Waals surface area contributed by atoms with Crippen LogP contribution >= 0.6 is 0 Å². The lowest BCUT2D eigenvalue weighted by Crippen LogP contribution is -2.32. The van der Waals surface area contributed by atoms with E-state index in [1.807, 2.05) is 36.4 Å². The maximum absolute atomic E-state index is 5.73. The Kier molecular flexibility index (Phi) is 11.2. The smallest absolute Gasteiger partial charge is 0.160 e. The third-order valence-electron chi connectivity index (χ3n) is 6.33. The van der Waals surface area contributed by atoms with E-state index in [0.717, 1.165) is 52.6 Å². The van der Waals surface area contributed by atoms with Crippen molar-refractivity contribution >= 4 is 44.1 Å². The van der Waals surface area contributed by atoms with E-state index in [-0.39, 0.29) is 5.41 Å². The number of para-hydroxylation sites is 3. The number of benzene rings is 3. The van der Waals surface area contributed by atoms with Crippen LogP contribution in [0.15, 0.2) is 54.6 Å². The SMILES string of the molecule is COc1cccc([Si]CC(C)(C[Si]c2cccc(OC)c2OC)C[Si]c2cccc(OC)c2OC)c1OC. The molecule has 0 bridgehead atoms. The molecule has 0 aromatic heterocycles. The lowest BCUT2D eigenvalue weighted by atomic mass is 9.99. The molecule has 3 rings (SSSR count). The second-order valence-corrected chi connectivity index (χ2v) is 12.7. The fourth-order valence-electron chi connectivity index (χ4n) is 4.19. The van der Waals surface area contributed by atoms with E-state index in [2.05, 4.69) is 25.1 Å².